The summed E-state index contributed by atoms with van der Waals surface area (Å²) in [5, 5.41) is 3.35. The number of aromatic nitrogens is 2. The first-order chi connectivity index (χ1) is 7.74. The molecule has 0 saturated carbocycles. The van der Waals surface area contributed by atoms with E-state index in [0.717, 1.165) is 43.4 Å². The van der Waals surface area contributed by atoms with Gasteiger partial charge in [-0.3, -0.25) is 0 Å². The van der Waals surface area contributed by atoms with Gasteiger partial charge in [-0.15, -0.1) is 0 Å². The van der Waals surface area contributed by atoms with Crippen LogP contribution in [0.4, 0.5) is 0 Å². The molecule has 1 aliphatic heterocycles. The minimum Gasteiger partial charge on any atom is -0.463 e. The lowest BCUT2D eigenvalue weighted by Crippen LogP contribution is -2.12. The van der Waals surface area contributed by atoms with Crippen molar-refractivity contribution >= 4 is 0 Å². The summed E-state index contributed by atoms with van der Waals surface area (Å²) in [6.07, 6.45) is 2.35. The smallest absolute Gasteiger partial charge is 0.316 e. The zero-order chi connectivity index (χ0) is 11.4. The summed E-state index contributed by atoms with van der Waals surface area (Å²) in [6, 6.07) is 2.47. The Morgan fingerprint density at radius 1 is 1.38 bits per heavy atom. The molecule has 1 aromatic heterocycles. The fourth-order valence-electron chi connectivity index (χ4n) is 2.04. The van der Waals surface area contributed by atoms with Gasteiger partial charge >= 0.3 is 6.01 Å². The molecule has 1 unspecified atom stereocenters. The van der Waals surface area contributed by atoms with Crippen LogP contribution in [0.25, 0.3) is 0 Å². The second-order valence-corrected chi connectivity index (χ2v) is 4.43. The summed E-state index contributed by atoms with van der Waals surface area (Å²) < 4.78 is 5.58. The van der Waals surface area contributed by atoms with Crippen molar-refractivity contribution in [1.29, 1.82) is 0 Å². The Kier molecular flexibility index (Phi) is 3.72. The zero-order valence-corrected chi connectivity index (χ0v) is 9.99. The summed E-state index contributed by atoms with van der Waals surface area (Å²) >= 11 is 0. The van der Waals surface area contributed by atoms with Crippen LogP contribution in [-0.2, 0) is 0 Å². The van der Waals surface area contributed by atoms with E-state index in [1.165, 1.54) is 6.42 Å². The van der Waals surface area contributed by atoms with Crippen LogP contribution >= 0.6 is 0 Å². The Morgan fingerprint density at radius 2 is 2.12 bits per heavy atom. The van der Waals surface area contributed by atoms with Gasteiger partial charge in [0.05, 0.1) is 6.61 Å². The van der Waals surface area contributed by atoms with Gasteiger partial charge in [-0.2, -0.15) is 0 Å². The average Bonchev–Trinajstić information content (AvgIpc) is 2.69. The van der Waals surface area contributed by atoms with E-state index in [2.05, 4.69) is 15.3 Å². The Balaban J connectivity index is 1.80. The highest BCUT2D eigenvalue weighted by Crippen LogP contribution is 2.13. The molecule has 0 bridgehead atoms. The third kappa shape index (κ3) is 3.17. The molecule has 2 heterocycles. The van der Waals surface area contributed by atoms with Gasteiger partial charge in [0.25, 0.3) is 0 Å². The number of ether oxygens (including phenoxy) is 1. The van der Waals surface area contributed by atoms with Gasteiger partial charge in [0.15, 0.2) is 0 Å². The fourth-order valence-corrected chi connectivity index (χ4v) is 2.04. The molecular formula is C12H19N3O. The fraction of sp³-hybridized carbons (Fsp3) is 0.667. The molecule has 0 spiro atoms. The average molecular weight is 221 g/mol. The minimum atomic E-state index is 0.517. The SMILES string of the molecule is Cc1cc(C)nc(OCCC2CCNC2)n1. The van der Waals surface area contributed by atoms with Crippen LogP contribution in [0.5, 0.6) is 6.01 Å². The lowest BCUT2D eigenvalue weighted by atomic mass is 10.1. The lowest BCUT2D eigenvalue weighted by Gasteiger charge is -2.09. The first-order valence-electron chi connectivity index (χ1n) is 5.90. The van der Waals surface area contributed by atoms with Crippen molar-refractivity contribution in [1.82, 2.24) is 15.3 Å². The number of hydrogen-bond donors (Lipinski definition) is 1. The molecule has 2 rings (SSSR count). The van der Waals surface area contributed by atoms with Crippen molar-refractivity contribution in [2.75, 3.05) is 19.7 Å². The zero-order valence-electron chi connectivity index (χ0n) is 9.99. The Hall–Kier alpha value is -1.16. The van der Waals surface area contributed by atoms with E-state index in [1.807, 2.05) is 19.9 Å². The van der Waals surface area contributed by atoms with Gasteiger partial charge in [0.1, 0.15) is 0 Å². The van der Waals surface area contributed by atoms with Gasteiger partial charge in [0, 0.05) is 11.4 Å². The van der Waals surface area contributed by atoms with Crippen LogP contribution in [0.3, 0.4) is 0 Å². The summed E-state index contributed by atoms with van der Waals surface area (Å²) in [5.74, 6) is 0.755. The minimum absolute atomic E-state index is 0.517. The van der Waals surface area contributed by atoms with E-state index in [4.69, 9.17) is 4.74 Å². The maximum Gasteiger partial charge on any atom is 0.316 e. The largest absolute Gasteiger partial charge is 0.463 e. The topological polar surface area (TPSA) is 47.0 Å². The van der Waals surface area contributed by atoms with Gasteiger partial charge in [-0.05, 0) is 51.8 Å². The number of nitrogens with one attached hydrogen (secondary N) is 1. The molecule has 1 aromatic rings. The monoisotopic (exact) mass is 221 g/mol. The van der Waals surface area contributed by atoms with Crippen molar-refractivity contribution in [3.8, 4) is 6.01 Å². The molecule has 1 fully saturated rings. The molecule has 0 amide bonds. The van der Waals surface area contributed by atoms with E-state index in [0.29, 0.717) is 6.01 Å². The van der Waals surface area contributed by atoms with Crippen molar-refractivity contribution in [2.45, 2.75) is 26.7 Å². The highest BCUT2D eigenvalue weighted by atomic mass is 16.5. The summed E-state index contributed by atoms with van der Waals surface area (Å²) in [6.45, 7) is 6.90. The van der Waals surface area contributed by atoms with Crippen molar-refractivity contribution in [3.05, 3.63) is 17.5 Å². The quantitative estimate of drug-likeness (QED) is 0.836. The van der Waals surface area contributed by atoms with Gasteiger partial charge in [0.2, 0.25) is 0 Å². The summed E-state index contributed by atoms with van der Waals surface area (Å²) in [7, 11) is 0. The molecule has 1 aliphatic rings. The lowest BCUT2D eigenvalue weighted by molar-refractivity contribution is 0.262. The molecule has 0 aromatic carbocycles. The first kappa shape index (κ1) is 11.3. The normalized spacial score (nSPS) is 20.0. The van der Waals surface area contributed by atoms with E-state index in [1.54, 1.807) is 0 Å². The number of hydrogen-bond acceptors (Lipinski definition) is 4. The van der Waals surface area contributed by atoms with Gasteiger partial charge in [-0.1, -0.05) is 0 Å². The second kappa shape index (κ2) is 5.25. The van der Waals surface area contributed by atoms with Crippen LogP contribution in [0.2, 0.25) is 0 Å². The predicted octanol–water partition coefficient (Wildman–Crippen LogP) is 1.47. The summed E-state index contributed by atoms with van der Waals surface area (Å²) in [5.41, 5.74) is 1.93. The first-order valence-corrected chi connectivity index (χ1v) is 5.90. The third-order valence-electron chi connectivity index (χ3n) is 2.88. The van der Waals surface area contributed by atoms with E-state index in [9.17, 15) is 0 Å². The number of rotatable bonds is 4. The molecule has 0 aliphatic carbocycles. The van der Waals surface area contributed by atoms with Crippen molar-refractivity contribution in [3.63, 3.8) is 0 Å². The molecule has 1 saturated heterocycles. The number of nitrogens with zero attached hydrogens (tertiary/aromatic N) is 2. The Labute approximate surface area is 96.4 Å². The molecule has 16 heavy (non-hydrogen) atoms. The van der Waals surface area contributed by atoms with Crippen LogP contribution in [-0.4, -0.2) is 29.7 Å². The highest BCUT2D eigenvalue weighted by molar-refractivity contribution is 5.10. The Bertz CT molecular complexity index is 328. The Morgan fingerprint density at radius 3 is 2.75 bits per heavy atom. The van der Waals surface area contributed by atoms with Crippen LogP contribution < -0.4 is 10.1 Å². The summed E-state index contributed by atoms with van der Waals surface area (Å²) in [4.78, 5) is 8.50. The van der Waals surface area contributed by atoms with E-state index < -0.39 is 0 Å². The van der Waals surface area contributed by atoms with Crippen LogP contribution in [0, 0.1) is 19.8 Å². The third-order valence-corrected chi connectivity index (χ3v) is 2.88. The maximum atomic E-state index is 5.58. The number of aryl methyl sites for hydroxylation is 2. The highest BCUT2D eigenvalue weighted by Gasteiger charge is 2.14. The molecular weight excluding hydrogens is 202 g/mol. The van der Waals surface area contributed by atoms with Crippen LogP contribution in [0.1, 0.15) is 24.2 Å². The second-order valence-electron chi connectivity index (χ2n) is 4.43. The van der Waals surface area contributed by atoms with Gasteiger partial charge in [-0.25, -0.2) is 9.97 Å². The van der Waals surface area contributed by atoms with Crippen LogP contribution in [0.15, 0.2) is 6.07 Å². The van der Waals surface area contributed by atoms with E-state index >= 15 is 0 Å². The van der Waals surface area contributed by atoms with E-state index in [-0.39, 0.29) is 0 Å². The van der Waals surface area contributed by atoms with Crippen molar-refractivity contribution in [2.24, 2.45) is 5.92 Å². The molecule has 88 valence electrons. The van der Waals surface area contributed by atoms with Crippen molar-refractivity contribution < 1.29 is 4.74 Å². The molecule has 0 radical (unpaired) electrons. The maximum absolute atomic E-state index is 5.58. The molecule has 4 nitrogen and oxygen atoms in total. The molecule has 1 N–H and O–H groups in total. The predicted molar refractivity (Wildman–Crippen MR) is 62.6 cm³/mol. The van der Waals surface area contributed by atoms with Gasteiger partial charge < -0.3 is 10.1 Å². The molecule has 4 heteroatoms. The standard InChI is InChI=1S/C12H19N3O/c1-9-7-10(2)15-12(14-9)16-6-4-11-3-5-13-8-11/h7,11,13H,3-6,8H2,1-2H3. The molecule has 1 atom stereocenters.